The molecule has 6 heteroatoms. The van der Waals surface area contributed by atoms with E-state index in [0.29, 0.717) is 24.2 Å². The number of rotatable bonds is 5. The second-order valence-corrected chi connectivity index (χ2v) is 5.04. The molecule has 0 spiro atoms. The van der Waals surface area contributed by atoms with Gasteiger partial charge in [0.1, 0.15) is 0 Å². The monoisotopic (exact) mass is 284 g/mol. The molecule has 2 aromatic rings. The third-order valence-corrected chi connectivity index (χ3v) is 3.31. The van der Waals surface area contributed by atoms with Crippen LogP contribution in [0.1, 0.15) is 11.4 Å². The molecule has 0 saturated heterocycles. The van der Waals surface area contributed by atoms with E-state index in [4.69, 9.17) is 10.5 Å². The van der Waals surface area contributed by atoms with Gasteiger partial charge in [-0.05, 0) is 32.0 Å². The number of ether oxygens (including phenoxy) is 1. The summed E-state index contributed by atoms with van der Waals surface area (Å²) >= 11 is 1.44. The Balaban J connectivity index is 2.39. The van der Waals surface area contributed by atoms with Crippen molar-refractivity contribution in [2.75, 3.05) is 13.2 Å². The summed E-state index contributed by atoms with van der Waals surface area (Å²) in [7, 11) is 0. The molecular formula is C13H14F2N2OS. The summed E-state index contributed by atoms with van der Waals surface area (Å²) in [5.74, 6) is -2.02. The standard InChI is InChI=1S/C13H14F2N2OS/c1-8-17-11(7-19-8)9-3-4-10(14)12(15)13(9)18-6-2-5-16/h3-4,7H,2,5-6,16H2,1H3. The van der Waals surface area contributed by atoms with Gasteiger partial charge in [0.15, 0.2) is 11.6 Å². The number of nitrogens with zero attached hydrogens (tertiary/aromatic N) is 1. The van der Waals surface area contributed by atoms with E-state index in [1.54, 1.807) is 5.38 Å². The summed E-state index contributed by atoms with van der Waals surface area (Å²) in [4.78, 5) is 4.27. The maximum Gasteiger partial charge on any atom is 0.201 e. The van der Waals surface area contributed by atoms with Crippen molar-refractivity contribution in [1.29, 1.82) is 0 Å². The fourth-order valence-corrected chi connectivity index (χ4v) is 2.23. The second-order valence-electron chi connectivity index (χ2n) is 3.98. The summed E-state index contributed by atoms with van der Waals surface area (Å²) in [6.07, 6.45) is 0.575. The van der Waals surface area contributed by atoms with Crippen molar-refractivity contribution in [1.82, 2.24) is 4.98 Å². The van der Waals surface area contributed by atoms with Gasteiger partial charge in [-0.3, -0.25) is 0 Å². The highest BCUT2D eigenvalue weighted by Gasteiger charge is 2.17. The van der Waals surface area contributed by atoms with E-state index in [0.717, 1.165) is 11.1 Å². The number of thiazole rings is 1. The Morgan fingerprint density at radius 1 is 1.37 bits per heavy atom. The highest BCUT2D eigenvalue weighted by atomic mass is 32.1. The predicted octanol–water partition coefficient (Wildman–Crippen LogP) is 3.12. The first-order valence-electron chi connectivity index (χ1n) is 5.87. The number of aromatic nitrogens is 1. The average Bonchev–Trinajstić information content (AvgIpc) is 2.81. The molecule has 0 amide bonds. The normalized spacial score (nSPS) is 10.7. The minimum absolute atomic E-state index is 0.0984. The minimum Gasteiger partial charge on any atom is -0.490 e. The number of hydrogen-bond acceptors (Lipinski definition) is 4. The summed E-state index contributed by atoms with van der Waals surface area (Å²) in [6.45, 7) is 2.53. The molecular weight excluding hydrogens is 270 g/mol. The Bertz CT molecular complexity index is 572. The molecule has 0 unspecified atom stereocenters. The molecule has 102 valence electrons. The molecule has 1 heterocycles. The van der Waals surface area contributed by atoms with E-state index in [-0.39, 0.29) is 12.4 Å². The van der Waals surface area contributed by atoms with Crippen molar-refractivity contribution in [2.24, 2.45) is 5.73 Å². The molecule has 1 aromatic carbocycles. The molecule has 3 nitrogen and oxygen atoms in total. The molecule has 0 saturated carbocycles. The molecule has 0 bridgehead atoms. The van der Waals surface area contributed by atoms with Crippen LogP contribution in [-0.2, 0) is 0 Å². The van der Waals surface area contributed by atoms with E-state index in [2.05, 4.69) is 4.98 Å². The molecule has 0 radical (unpaired) electrons. The van der Waals surface area contributed by atoms with Crippen LogP contribution in [0.4, 0.5) is 8.78 Å². The number of hydrogen-bond donors (Lipinski definition) is 1. The maximum absolute atomic E-state index is 13.8. The van der Waals surface area contributed by atoms with Gasteiger partial charge >= 0.3 is 0 Å². The van der Waals surface area contributed by atoms with Crippen LogP contribution in [-0.4, -0.2) is 18.1 Å². The van der Waals surface area contributed by atoms with Crippen LogP contribution < -0.4 is 10.5 Å². The van der Waals surface area contributed by atoms with Gasteiger partial charge in [0, 0.05) is 10.9 Å². The van der Waals surface area contributed by atoms with Gasteiger partial charge < -0.3 is 10.5 Å². The van der Waals surface area contributed by atoms with Gasteiger partial charge in [0.25, 0.3) is 0 Å². The molecule has 2 rings (SSSR count). The van der Waals surface area contributed by atoms with Crippen LogP contribution in [0, 0.1) is 18.6 Å². The Hall–Kier alpha value is -1.53. The highest BCUT2D eigenvalue weighted by molar-refractivity contribution is 7.09. The molecule has 0 aliphatic heterocycles. The van der Waals surface area contributed by atoms with Crippen LogP contribution in [0.5, 0.6) is 5.75 Å². The van der Waals surface area contributed by atoms with Crippen molar-refractivity contribution in [3.63, 3.8) is 0 Å². The average molecular weight is 284 g/mol. The highest BCUT2D eigenvalue weighted by Crippen LogP contribution is 2.34. The number of aryl methyl sites for hydroxylation is 1. The van der Waals surface area contributed by atoms with E-state index < -0.39 is 11.6 Å². The van der Waals surface area contributed by atoms with Crippen molar-refractivity contribution in [3.05, 3.63) is 34.2 Å². The summed E-state index contributed by atoms with van der Waals surface area (Å²) in [6, 6.07) is 2.56. The summed E-state index contributed by atoms with van der Waals surface area (Å²) in [5.41, 5.74) is 6.40. The van der Waals surface area contributed by atoms with E-state index in [9.17, 15) is 8.78 Å². The van der Waals surface area contributed by atoms with Crippen LogP contribution >= 0.6 is 11.3 Å². The quantitative estimate of drug-likeness (QED) is 0.858. The third-order valence-electron chi connectivity index (χ3n) is 2.54. The first kappa shape index (κ1) is 13.9. The number of nitrogens with two attached hydrogens (primary N) is 1. The Morgan fingerprint density at radius 3 is 2.79 bits per heavy atom. The lowest BCUT2D eigenvalue weighted by Gasteiger charge is -2.11. The number of halogens is 2. The summed E-state index contributed by atoms with van der Waals surface area (Å²) < 4.78 is 32.4. The van der Waals surface area contributed by atoms with E-state index in [1.165, 1.54) is 17.4 Å². The summed E-state index contributed by atoms with van der Waals surface area (Å²) in [5, 5.41) is 2.64. The third kappa shape index (κ3) is 3.08. The Labute approximate surface area is 114 Å². The van der Waals surface area contributed by atoms with Gasteiger partial charge in [-0.25, -0.2) is 9.37 Å². The van der Waals surface area contributed by atoms with E-state index >= 15 is 0 Å². The largest absolute Gasteiger partial charge is 0.490 e. The van der Waals surface area contributed by atoms with Crippen LogP contribution in [0.25, 0.3) is 11.3 Å². The Morgan fingerprint density at radius 2 is 2.16 bits per heavy atom. The van der Waals surface area contributed by atoms with Crippen molar-refractivity contribution in [2.45, 2.75) is 13.3 Å². The SMILES string of the molecule is Cc1nc(-c2ccc(F)c(F)c2OCCCN)cs1. The van der Waals surface area contributed by atoms with Crippen molar-refractivity contribution < 1.29 is 13.5 Å². The lowest BCUT2D eigenvalue weighted by Crippen LogP contribution is -2.08. The van der Waals surface area contributed by atoms with Gasteiger partial charge in [-0.2, -0.15) is 4.39 Å². The Kier molecular flexibility index (Phi) is 4.44. The van der Waals surface area contributed by atoms with Gasteiger partial charge in [-0.1, -0.05) is 0 Å². The van der Waals surface area contributed by atoms with Crippen molar-refractivity contribution in [3.8, 4) is 17.0 Å². The topological polar surface area (TPSA) is 48.1 Å². The lowest BCUT2D eigenvalue weighted by atomic mass is 10.1. The van der Waals surface area contributed by atoms with Gasteiger partial charge in [0.2, 0.25) is 5.82 Å². The smallest absolute Gasteiger partial charge is 0.201 e. The van der Waals surface area contributed by atoms with E-state index in [1.807, 2.05) is 6.92 Å². The minimum atomic E-state index is -0.986. The van der Waals surface area contributed by atoms with Crippen LogP contribution in [0.15, 0.2) is 17.5 Å². The predicted molar refractivity (Wildman–Crippen MR) is 71.4 cm³/mol. The van der Waals surface area contributed by atoms with Gasteiger partial charge in [-0.15, -0.1) is 11.3 Å². The maximum atomic E-state index is 13.8. The first-order chi connectivity index (χ1) is 9.13. The zero-order valence-electron chi connectivity index (χ0n) is 10.5. The molecule has 0 atom stereocenters. The molecule has 0 fully saturated rings. The van der Waals surface area contributed by atoms with Crippen LogP contribution in [0.3, 0.4) is 0 Å². The second kappa shape index (κ2) is 6.08. The fourth-order valence-electron chi connectivity index (χ4n) is 1.62. The van der Waals surface area contributed by atoms with Crippen molar-refractivity contribution >= 4 is 11.3 Å². The molecule has 19 heavy (non-hydrogen) atoms. The molecule has 0 aliphatic rings. The molecule has 1 aromatic heterocycles. The zero-order chi connectivity index (χ0) is 13.8. The number of benzene rings is 1. The fraction of sp³-hybridized carbons (Fsp3) is 0.308. The van der Waals surface area contributed by atoms with Gasteiger partial charge in [0.05, 0.1) is 17.3 Å². The zero-order valence-corrected chi connectivity index (χ0v) is 11.3. The molecule has 0 aliphatic carbocycles. The molecule has 2 N–H and O–H groups in total. The van der Waals surface area contributed by atoms with Crippen LogP contribution in [0.2, 0.25) is 0 Å². The lowest BCUT2D eigenvalue weighted by molar-refractivity contribution is 0.293. The first-order valence-corrected chi connectivity index (χ1v) is 6.75.